The van der Waals surface area contributed by atoms with Gasteiger partial charge in [0.15, 0.2) is 5.65 Å². The van der Waals surface area contributed by atoms with Crippen LogP contribution in [0, 0.1) is 6.92 Å². The third-order valence-electron chi connectivity index (χ3n) is 4.82. The summed E-state index contributed by atoms with van der Waals surface area (Å²) in [6.07, 6.45) is 3.58. The fraction of sp³-hybridized carbons (Fsp3) is 0.522. The first-order valence-corrected chi connectivity index (χ1v) is 10.6. The van der Waals surface area contributed by atoms with Crippen LogP contribution >= 0.6 is 0 Å². The number of fused-ring (bicyclic) bond motifs is 1. The molecule has 2 aromatic heterocycles. The molecule has 30 heavy (non-hydrogen) atoms. The molecule has 7 heteroatoms. The molecular weight excluding hydrogens is 380 g/mol. The Morgan fingerprint density at radius 3 is 2.43 bits per heavy atom. The Morgan fingerprint density at radius 2 is 1.77 bits per heavy atom. The van der Waals surface area contributed by atoms with Crippen LogP contribution in [0.2, 0.25) is 0 Å². The molecule has 0 aliphatic carbocycles. The third kappa shape index (κ3) is 6.08. The van der Waals surface area contributed by atoms with E-state index in [1.807, 2.05) is 62.6 Å². The number of hydrogen-bond acceptors (Lipinski definition) is 6. The van der Waals surface area contributed by atoms with Crippen molar-refractivity contribution >= 4 is 11.2 Å². The highest BCUT2D eigenvalue weighted by Crippen LogP contribution is 2.22. The maximum atomic E-state index is 6.31. The number of aryl methyl sites for hydroxylation is 1. The van der Waals surface area contributed by atoms with Crippen LogP contribution in [0.15, 0.2) is 43.0 Å². The van der Waals surface area contributed by atoms with Gasteiger partial charge in [0.1, 0.15) is 24.2 Å². The van der Waals surface area contributed by atoms with Crippen LogP contribution in [0.1, 0.15) is 51.6 Å². The number of benzene rings is 1. The van der Waals surface area contributed by atoms with E-state index in [9.17, 15) is 0 Å². The summed E-state index contributed by atoms with van der Waals surface area (Å²) in [4.78, 5) is 13.0. The molecule has 1 aromatic carbocycles. The average molecular weight is 415 g/mol. The van der Waals surface area contributed by atoms with Crippen LogP contribution in [0.4, 0.5) is 0 Å². The van der Waals surface area contributed by atoms with E-state index >= 15 is 0 Å². The largest absolute Gasteiger partial charge is 0.376 e. The summed E-state index contributed by atoms with van der Waals surface area (Å²) in [7, 11) is 1.69. The molecule has 2 heterocycles. The molecule has 0 fully saturated rings. The molecule has 0 N–H and O–H groups in total. The average Bonchev–Trinajstić information content (AvgIpc) is 3.23. The minimum atomic E-state index is -0.240. The van der Waals surface area contributed by atoms with Gasteiger partial charge in [0, 0.05) is 7.11 Å². The van der Waals surface area contributed by atoms with Crippen molar-refractivity contribution in [2.45, 2.75) is 66.1 Å². The van der Waals surface area contributed by atoms with Crippen LogP contribution in [-0.4, -0.2) is 45.4 Å². The number of nitrogens with zero attached hydrogens (tertiary/aromatic N) is 4. The van der Waals surface area contributed by atoms with Crippen molar-refractivity contribution in [3.05, 3.63) is 54.2 Å². The molecule has 164 valence electrons. The van der Waals surface area contributed by atoms with E-state index in [4.69, 9.17) is 14.2 Å². The Labute approximate surface area is 179 Å². The lowest BCUT2D eigenvalue weighted by Crippen LogP contribution is -2.36. The normalized spacial score (nSPS) is 14.1. The van der Waals surface area contributed by atoms with Crippen molar-refractivity contribution in [2.75, 3.05) is 13.7 Å². The summed E-state index contributed by atoms with van der Waals surface area (Å²) >= 11 is 0. The number of methoxy groups -OCH3 is 1. The lowest BCUT2D eigenvalue weighted by atomic mass is 10.1. The molecule has 0 amide bonds. The summed E-state index contributed by atoms with van der Waals surface area (Å²) < 4.78 is 19.8. The smallest absolute Gasteiger partial charge is 0.165 e. The SMILES string of the molecule is CC.CCC(OC(C)n1cnc2c(C)ncnc21)C(COCc1ccccc1)OC. The highest BCUT2D eigenvalue weighted by atomic mass is 16.6. The van der Waals surface area contributed by atoms with Gasteiger partial charge in [0.05, 0.1) is 31.3 Å². The van der Waals surface area contributed by atoms with Crippen LogP contribution in [0.3, 0.4) is 0 Å². The van der Waals surface area contributed by atoms with Crippen LogP contribution < -0.4 is 0 Å². The van der Waals surface area contributed by atoms with E-state index in [1.54, 1.807) is 19.8 Å². The first kappa shape index (κ1) is 23.9. The lowest BCUT2D eigenvalue weighted by Gasteiger charge is -2.28. The zero-order valence-corrected chi connectivity index (χ0v) is 18.9. The Hall–Kier alpha value is -2.35. The summed E-state index contributed by atoms with van der Waals surface area (Å²) in [6, 6.07) is 10.1. The van der Waals surface area contributed by atoms with Gasteiger partial charge in [-0.3, -0.25) is 4.57 Å². The molecule has 0 radical (unpaired) electrons. The zero-order chi connectivity index (χ0) is 21.9. The van der Waals surface area contributed by atoms with Crippen molar-refractivity contribution in [3.63, 3.8) is 0 Å². The number of imidazole rings is 1. The van der Waals surface area contributed by atoms with Gasteiger partial charge >= 0.3 is 0 Å². The lowest BCUT2D eigenvalue weighted by molar-refractivity contribution is -0.130. The molecule has 0 aliphatic rings. The van der Waals surface area contributed by atoms with Gasteiger partial charge in [-0.05, 0) is 25.8 Å². The summed E-state index contributed by atoms with van der Waals surface area (Å²) in [5.74, 6) is 0. The molecule has 3 unspecified atom stereocenters. The first-order chi connectivity index (χ1) is 14.6. The predicted molar refractivity (Wildman–Crippen MR) is 118 cm³/mol. The molecular formula is C23H34N4O3. The maximum Gasteiger partial charge on any atom is 0.165 e. The molecule has 0 aliphatic heterocycles. The number of aromatic nitrogens is 4. The van der Waals surface area contributed by atoms with Gasteiger partial charge in [-0.2, -0.15) is 0 Å². The number of ether oxygens (including phenoxy) is 3. The topological polar surface area (TPSA) is 71.3 Å². The second-order valence-electron chi connectivity index (χ2n) is 6.74. The van der Waals surface area contributed by atoms with Crippen molar-refractivity contribution < 1.29 is 14.2 Å². The van der Waals surface area contributed by atoms with Crippen molar-refractivity contribution in [2.24, 2.45) is 0 Å². The number of hydrogen-bond donors (Lipinski definition) is 0. The monoisotopic (exact) mass is 414 g/mol. The molecule has 0 bridgehead atoms. The van der Waals surface area contributed by atoms with E-state index in [1.165, 1.54) is 0 Å². The molecule has 7 nitrogen and oxygen atoms in total. The van der Waals surface area contributed by atoms with E-state index in [0.29, 0.717) is 13.2 Å². The highest BCUT2D eigenvalue weighted by Gasteiger charge is 2.24. The van der Waals surface area contributed by atoms with E-state index in [2.05, 4.69) is 21.9 Å². The van der Waals surface area contributed by atoms with E-state index in [0.717, 1.165) is 28.8 Å². The van der Waals surface area contributed by atoms with Crippen LogP contribution in [0.25, 0.3) is 11.2 Å². The van der Waals surface area contributed by atoms with Gasteiger partial charge in [0.2, 0.25) is 0 Å². The minimum Gasteiger partial charge on any atom is -0.376 e. The zero-order valence-electron chi connectivity index (χ0n) is 18.9. The van der Waals surface area contributed by atoms with Gasteiger partial charge in [-0.1, -0.05) is 51.1 Å². The van der Waals surface area contributed by atoms with Crippen molar-refractivity contribution in [1.82, 2.24) is 19.5 Å². The Bertz CT molecular complexity index is 869. The Balaban J connectivity index is 0.00000155. The molecule has 3 atom stereocenters. The molecule has 3 rings (SSSR count). The summed E-state index contributed by atoms with van der Waals surface area (Å²) in [5.41, 5.74) is 3.55. The predicted octanol–water partition coefficient (Wildman–Crippen LogP) is 4.71. The summed E-state index contributed by atoms with van der Waals surface area (Å²) in [6.45, 7) is 11.0. The van der Waals surface area contributed by atoms with Crippen molar-refractivity contribution in [1.29, 1.82) is 0 Å². The summed E-state index contributed by atoms with van der Waals surface area (Å²) in [5, 5.41) is 0. The minimum absolute atomic E-state index is 0.115. The molecule has 0 spiro atoms. The van der Waals surface area contributed by atoms with Gasteiger partial charge in [-0.15, -0.1) is 0 Å². The Kier molecular flexibility index (Phi) is 9.86. The maximum absolute atomic E-state index is 6.31. The fourth-order valence-corrected chi connectivity index (χ4v) is 3.19. The van der Waals surface area contributed by atoms with Gasteiger partial charge < -0.3 is 14.2 Å². The van der Waals surface area contributed by atoms with Crippen LogP contribution in [0.5, 0.6) is 0 Å². The highest BCUT2D eigenvalue weighted by molar-refractivity contribution is 5.72. The second kappa shape index (κ2) is 12.4. The molecule has 3 aromatic rings. The van der Waals surface area contributed by atoms with Crippen molar-refractivity contribution in [3.8, 4) is 0 Å². The van der Waals surface area contributed by atoms with Gasteiger partial charge in [-0.25, -0.2) is 15.0 Å². The quantitative estimate of drug-likeness (QED) is 0.479. The third-order valence-corrected chi connectivity index (χ3v) is 4.82. The van der Waals surface area contributed by atoms with E-state index in [-0.39, 0.29) is 18.4 Å². The second-order valence-corrected chi connectivity index (χ2v) is 6.74. The standard InChI is InChI=1S/C21H28N4O3.C2H6/c1-5-18(19(26-4)12-27-11-17-9-7-6-8-10-17)28-16(3)25-14-24-20-15(2)22-13-23-21(20)25;1-2/h6-10,13-14,16,18-19H,5,11-12H2,1-4H3;1-2H3. The Morgan fingerprint density at radius 1 is 1.03 bits per heavy atom. The number of rotatable bonds is 10. The molecule has 0 saturated carbocycles. The van der Waals surface area contributed by atoms with Crippen LogP contribution in [-0.2, 0) is 20.8 Å². The first-order valence-electron chi connectivity index (χ1n) is 10.6. The molecule has 0 saturated heterocycles. The van der Waals surface area contributed by atoms with E-state index < -0.39 is 0 Å². The fourth-order valence-electron chi connectivity index (χ4n) is 3.19. The van der Waals surface area contributed by atoms with Gasteiger partial charge in [0.25, 0.3) is 0 Å².